The van der Waals surface area contributed by atoms with Crippen molar-refractivity contribution < 1.29 is 37.3 Å². The number of ether oxygens (including phenoxy) is 2. The fourth-order valence-electron chi connectivity index (χ4n) is 3.62. The number of carbonyl (C=O) groups excluding carboxylic acids is 1. The molecule has 3 aromatic rings. The lowest BCUT2D eigenvalue weighted by molar-refractivity contribution is -0.192. The number of carboxylic acid groups (broad SMARTS) is 1. The van der Waals surface area contributed by atoms with Gasteiger partial charge in [0.15, 0.2) is 16.6 Å². The molecule has 0 saturated heterocycles. The van der Waals surface area contributed by atoms with E-state index in [9.17, 15) is 18.0 Å². The number of hydrogen-bond donors (Lipinski definition) is 3. The number of carboxylic acids is 1. The highest BCUT2D eigenvalue weighted by molar-refractivity contribution is 7.13. The number of alkyl halides is 3. The monoisotopic (exact) mass is 511 g/mol. The predicted octanol–water partition coefficient (Wildman–Crippen LogP) is 2.99. The number of fused-ring (bicyclic) bond motifs is 2. The van der Waals surface area contributed by atoms with Crippen LogP contribution in [0.4, 0.5) is 18.3 Å². The van der Waals surface area contributed by atoms with E-state index in [2.05, 4.69) is 15.2 Å². The molecular formula is C21H20F3N5O5S. The maximum absolute atomic E-state index is 12.7. The lowest BCUT2D eigenvalue weighted by Crippen LogP contribution is -2.36. The second kappa shape index (κ2) is 9.82. The van der Waals surface area contributed by atoms with Crippen LogP contribution >= 0.6 is 11.3 Å². The summed E-state index contributed by atoms with van der Waals surface area (Å²) >= 11 is 1.40. The first-order valence-electron chi connectivity index (χ1n) is 10.4. The molecule has 35 heavy (non-hydrogen) atoms. The van der Waals surface area contributed by atoms with Gasteiger partial charge in [0.2, 0.25) is 12.7 Å². The van der Waals surface area contributed by atoms with E-state index in [0.717, 1.165) is 46.1 Å². The number of aromatic amines is 1. The first-order chi connectivity index (χ1) is 16.6. The fraction of sp³-hybridized carbons (Fsp3) is 0.333. The molecule has 186 valence electrons. The van der Waals surface area contributed by atoms with E-state index in [-0.39, 0.29) is 12.7 Å². The van der Waals surface area contributed by atoms with Crippen LogP contribution in [0.15, 0.2) is 23.6 Å². The van der Waals surface area contributed by atoms with Gasteiger partial charge < -0.3 is 25.2 Å². The molecule has 2 aromatic heterocycles. The average molecular weight is 511 g/mol. The number of nitrogen functional groups attached to an aromatic ring is 1. The van der Waals surface area contributed by atoms with Crippen molar-refractivity contribution >= 4 is 28.3 Å². The first-order valence-corrected chi connectivity index (χ1v) is 11.2. The molecule has 2 aliphatic heterocycles. The molecule has 2 aliphatic rings. The number of aliphatic carboxylic acids is 1. The van der Waals surface area contributed by atoms with Crippen LogP contribution in [-0.4, -0.2) is 56.6 Å². The summed E-state index contributed by atoms with van der Waals surface area (Å²) in [5.74, 6) is -1.17. The number of H-pyrrole nitrogens is 1. The molecule has 0 unspecified atom stereocenters. The molecule has 0 saturated carbocycles. The van der Waals surface area contributed by atoms with Gasteiger partial charge in [-0.1, -0.05) is 0 Å². The van der Waals surface area contributed by atoms with Gasteiger partial charge in [-0.3, -0.25) is 9.89 Å². The van der Waals surface area contributed by atoms with Crippen molar-refractivity contribution in [3.8, 4) is 22.8 Å². The van der Waals surface area contributed by atoms with Gasteiger partial charge in [-0.15, -0.1) is 11.3 Å². The Balaban J connectivity index is 0.000000364. The molecule has 14 heteroatoms. The zero-order valence-corrected chi connectivity index (χ0v) is 18.9. The van der Waals surface area contributed by atoms with Crippen molar-refractivity contribution in [1.82, 2.24) is 20.1 Å². The number of aromatic nitrogens is 3. The Kier molecular flexibility index (Phi) is 6.82. The van der Waals surface area contributed by atoms with Gasteiger partial charge in [-0.25, -0.2) is 9.78 Å². The fourth-order valence-corrected chi connectivity index (χ4v) is 4.22. The Morgan fingerprint density at radius 3 is 2.69 bits per heavy atom. The van der Waals surface area contributed by atoms with Crippen LogP contribution in [0.25, 0.3) is 11.3 Å². The second-order valence-electron chi connectivity index (χ2n) is 7.64. The van der Waals surface area contributed by atoms with E-state index >= 15 is 0 Å². The normalized spacial score (nSPS) is 14.2. The van der Waals surface area contributed by atoms with Crippen LogP contribution in [0, 0.1) is 0 Å². The lowest BCUT2D eigenvalue weighted by Gasteiger charge is -2.27. The molecule has 0 spiro atoms. The number of aryl methyl sites for hydroxylation is 1. The van der Waals surface area contributed by atoms with Crippen LogP contribution in [-0.2, 0) is 29.0 Å². The standard InChI is InChI=1S/C19H19N5O3S.C2HF3O2/c20-19-21-12(9-28-19)2-4-17(25)24-6-5-14-13(8-24)18(23-22-14)11-1-3-15-16(7-11)27-10-26-15;3-2(4,5)1(6)7/h1,3,7,9H,2,4-6,8,10H2,(H2,20,21)(H,22,23);(H,6,7). The minimum Gasteiger partial charge on any atom is -0.475 e. The molecule has 4 heterocycles. The SMILES string of the molecule is Nc1nc(CCC(=O)N2CCc3[nH]nc(-c4ccc5c(c4)OCO5)c3C2)cs1.O=C(O)C(F)(F)F. The minimum absolute atomic E-state index is 0.120. The van der Waals surface area contributed by atoms with E-state index in [1.165, 1.54) is 11.3 Å². The van der Waals surface area contributed by atoms with Crippen molar-refractivity contribution in [2.45, 2.75) is 32.0 Å². The molecule has 5 rings (SSSR count). The Hall–Kier alpha value is -3.81. The van der Waals surface area contributed by atoms with Crippen molar-refractivity contribution in [3.05, 3.63) is 40.5 Å². The van der Waals surface area contributed by atoms with Gasteiger partial charge in [0.25, 0.3) is 0 Å². The summed E-state index contributed by atoms with van der Waals surface area (Å²) in [7, 11) is 0. The summed E-state index contributed by atoms with van der Waals surface area (Å²) in [5, 5.41) is 17.2. The highest BCUT2D eigenvalue weighted by Crippen LogP contribution is 2.37. The van der Waals surface area contributed by atoms with Gasteiger partial charge >= 0.3 is 12.1 Å². The van der Waals surface area contributed by atoms with E-state index in [1.807, 2.05) is 28.5 Å². The van der Waals surface area contributed by atoms with Crippen molar-refractivity contribution in [2.75, 3.05) is 19.1 Å². The Morgan fingerprint density at radius 2 is 2.00 bits per heavy atom. The quantitative estimate of drug-likeness (QED) is 0.485. The number of nitrogens with two attached hydrogens (primary N) is 1. The summed E-state index contributed by atoms with van der Waals surface area (Å²) in [6, 6.07) is 5.80. The molecule has 4 N–H and O–H groups in total. The third kappa shape index (κ3) is 5.65. The summed E-state index contributed by atoms with van der Waals surface area (Å²) < 4.78 is 42.6. The van der Waals surface area contributed by atoms with Crippen LogP contribution in [0.5, 0.6) is 11.5 Å². The number of thiazole rings is 1. The summed E-state index contributed by atoms with van der Waals surface area (Å²) in [4.78, 5) is 27.7. The highest BCUT2D eigenvalue weighted by atomic mass is 32.1. The van der Waals surface area contributed by atoms with E-state index in [1.54, 1.807) is 0 Å². The molecular weight excluding hydrogens is 491 g/mol. The Morgan fingerprint density at radius 1 is 1.26 bits per heavy atom. The zero-order valence-electron chi connectivity index (χ0n) is 18.1. The van der Waals surface area contributed by atoms with Gasteiger partial charge in [-0.2, -0.15) is 18.3 Å². The number of halogens is 3. The number of anilines is 1. The average Bonchev–Trinajstić information content (AvgIpc) is 3.55. The molecule has 0 atom stereocenters. The van der Waals surface area contributed by atoms with Gasteiger partial charge in [0, 0.05) is 48.1 Å². The number of hydrogen-bond acceptors (Lipinski definition) is 8. The van der Waals surface area contributed by atoms with Gasteiger partial charge in [0.1, 0.15) is 0 Å². The summed E-state index contributed by atoms with van der Waals surface area (Å²) in [5.41, 5.74) is 10.5. The molecule has 0 fully saturated rings. The molecule has 0 radical (unpaired) electrons. The number of rotatable bonds is 4. The maximum atomic E-state index is 12.7. The number of amides is 1. The van der Waals surface area contributed by atoms with Crippen LogP contribution < -0.4 is 15.2 Å². The van der Waals surface area contributed by atoms with Crippen molar-refractivity contribution in [2.24, 2.45) is 0 Å². The predicted molar refractivity (Wildman–Crippen MR) is 118 cm³/mol. The van der Waals surface area contributed by atoms with E-state index in [0.29, 0.717) is 31.1 Å². The molecule has 1 aromatic carbocycles. The number of carbonyl (C=O) groups is 2. The Bertz CT molecular complexity index is 1240. The van der Waals surface area contributed by atoms with Gasteiger partial charge in [-0.05, 0) is 24.6 Å². The minimum atomic E-state index is -5.08. The third-order valence-electron chi connectivity index (χ3n) is 5.34. The van der Waals surface area contributed by atoms with Crippen LogP contribution in [0.3, 0.4) is 0 Å². The smallest absolute Gasteiger partial charge is 0.475 e. The van der Waals surface area contributed by atoms with Crippen LogP contribution in [0.2, 0.25) is 0 Å². The maximum Gasteiger partial charge on any atom is 0.490 e. The van der Waals surface area contributed by atoms with Crippen molar-refractivity contribution in [3.63, 3.8) is 0 Å². The summed E-state index contributed by atoms with van der Waals surface area (Å²) in [6.45, 7) is 1.48. The van der Waals surface area contributed by atoms with E-state index in [4.69, 9.17) is 25.1 Å². The van der Waals surface area contributed by atoms with E-state index < -0.39 is 12.1 Å². The summed E-state index contributed by atoms with van der Waals surface area (Å²) in [6.07, 6.45) is -3.28. The Labute approximate surface area is 200 Å². The van der Waals surface area contributed by atoms with Crippen molar-refractivity contribution in [1.29, 1.82) is 0 Å². The molecule has 1 amide bonds. The number of benzene rings is 1. The van der Waals surface area contributed by atoms with Crippen LogP contribution in [0.1, 0.15) is 23.4 Å². The number of nitrogens with one attached hydrogen (secondary N) is 1. The largest absolute Gasteiger partial charge is 0.490 e. The molecule has 0 aliphatic carbocycles. The highest BCUT2D eigenvalue weighted by Gasteiger charge is 2.38. The zero-order chi connectivity index (χ0) is 25.2. The first kappa shape index (κ1) is 24.3. The topological polar surface area (TPSA) is 144 Å². The number of nitrogens with zero attached hydrogens (tertiary/aromatic N) is 3. The second-order valence-corrected chi connectivity index (χ2v) is 8.53. The molecule has 10 nitrogen and oxygen atoms in total. The molecule has 0 bridgehead atoms. The van der Waals surface area contributed by atoms with Gasteiger partial charge in [0.05, 0.1) is 11.4 Å². The third-order valence-corrected chi connectivity index (χ3v) is 6.06. The lowest BCUT2D eigenvalue weighted by atomic mass is 10.0.